The number of carbonyl (C=O) groups is 1. The van der Waals surface area contributed by atoms with Crippen LogP contribution < -0.4 is 10.4 Å². The maximum atomic E-state index is 12.5. The van der Waals surface area contributed by atoms with Crippen LogP contribution in [0.4, 0.5) is 0 Å². The summed E-state index contributed by atoms with van der Waals surface area (Å²) in [7, 11) is 3.20. The Morgan fingerprint density at radius 2 is 1.89 bits per heavy atom. The number of carboxylic acid groups (broad SMARTS) is 1. The molecule has 0 amide bonds. The second-order valence-electron chi connectivity index (χ2n) is 8.94. The van der Waals surface area contributed by atoms with Crippen molar-refractivity contribution in [1.82, 2.24) is 29.6 Å². The summed E-state index contributed by atoms with van der Waals surface area (Å²) in [6.07, 6.45) is 2.22. The second kappa shape index (κ2) is 8.53. The van der Waals surface area contributed by atoms with Crippen LogP contribution >= 0.6 is 0 Å². The third kappa shape index (κ3) is 4.01. The van der Waals surface area contributed by atoms with Gasteiger partial charge in [0.05, 0.1) is 11.4 Å². The summed E-state index contributed by atoms with van der Waals surface area (Å²) >= 11 is 0. The number of carboxylic acids is 1. The van der Waals surface area contributed by atoms with Crippen molar-refractivity contribution < 1.29 is 14.6 Å². The van der Waals surface area contributed by atoms with E-state index in [0.29, 0.717) is 28.6 Å². The molecule has 4 aromatic rings. The van der Waals surface area contributed by atoms with Crippen molar-refractivity contribution in [2.45, 2.75) is 39.2 Å². The molecule has 1 aliphatic carbocycles. The zero-order chi connectivity index (χ0) is 24.9. The van der Waals surface area contributed by atoms with E-state index in [1.54, 1.807) is 21.0 Å². The van der Waals surface area contributed by atoms with Crippen LogP contribution in [0, 0.1) is 13.8 Å². The molecule has 0 bridgehead atoms. The van der Waals surface area contributed by atoms with E-state index in [4.69, 9.17) is 4.74 Å². The lowest BCUT2D eigenvalue weighted by Crippen LogP contribution is -2.23. The Bertz CT molecular complexity index is 1510. The molecule has 0 saturated heterocycles. The van der Waals surface area contributed by atoms with Gasteiger partial charge in [-0.2, -0.15) is 14.5 Å². The molecular formula is C25H26N6O4. The normalized spacial score (nSPS) is 13.3. The molecule has 5 rings (SSSR count). The quantitative estimate of drug-likeness (QED) is 0.437. The molecule has 10 nitrogen and oxygen atoms in total. The van der Waals surface area contributed by atoms with E-state index < -0.39 is 5.97 Å². The summed E-state index contributed by atoms with van der Waals surface area (Å²) in [5, 5.41) is 21.7. The number of ether oxygens (including phenoxy) is 1. The lowest BCUT2D eigenvalue weighted by atomic mass is 10.0. The number of aromatic carboxylic acids is 1. The molecule has 2 aromatic heterocycles. The first kappa shape index (κ1) is 22.6. The van der Waals surface area contributed by atoms with Crippen molar-refractivity contribution in [1.29, 1.82) is 0 Å². The first-order valence-corrected chi connectivity index (χ1v) is 11.4. The number of benzene rings is 2. The van der Waals surface area contributed by atoms with Crippen molar-refractivity contribution in [2.75, 3.05) is 0 Å². The Hall–Kier alpha value is -4.21. The zero-order valence-electron chi connectivity index (χ0n) is 20.0. The fraction of sp³-hybridized carbons (Fsp3) is 0.320. The largest absolute Gasteiger partial charge is 0.489 e. The zero-order valence-corrected chi connectivity index (χ0v) is 20.0. The maximum absolute atomic E-state index is 12.5. The molecule has 0 radical (unpaired) electrons. The first-order valence-electron chi connectivity index (χ1n) is 11.4. The van der Waals surface area contributed by atoms with Crippen LogP contribution in [0.2, 0.25) is 0 Å². The third-order valence-electron chi connectivity index (χ3n) is 6.46. The Kier molecular flexibility index (Phi) is 5.50. The molecule has 35 heavy (non-hydrogen) atoms. The smallest absolute Gasteiger partial charge is 0.368 e. The summed E-state index contributed by atoms with van der Waals surface area (Å²) in [6.45, 7) is 3.98. The molecular weight excluding hydrogens is 448 g/mol. The molecule has 0 unspecified atom stereocenters. The molecule has 1 N–H and O–H groups in total. The van der Waals surface area contributed by atoms with Crippen LogP contribution in [0.1, 0.15) is 51.5 Å². The van der Waals surface area contributed by atoms with Crippen molar-refractivity contribution in [3.63, 3.8) is 0 Å². The van der Waals surface area contributed by atoms with Gasteiger partial charge in [0, 0.05) is 30.8 Å². The lowest BCUT2D eigenvalue weighted by molar-refractivity contribution is 0.0684. The minimum atomic E-state index is -1.01. The Morgan fingerprint density at radius 1 is 1.11 bits per heavy atom. The van der Waals surface area contributed by atoms with Gasteiger partial charge in [0.2, 0.25) is 0 Å². The van der Waals surface area contributed by atoms with Gasteiger partial charge in [-0.05, 0) is 78.4 Å². The van der Waals surface area contributed by atoms with E-state index in [2.05, 4.69) is 21.6 Å². The number of nitrogens with zero attached hydrogens (tertiary/aromatic N) is 6. The third-order valence-corrected chi connectivity index (χ3v) is 6.46. The van der Waals surface area contributed by atoms with Crippen molar-refractivity contribution in [2.24, 2.45) is 14.1 Å². The molecule has 1 aliphatic rings. The lowest BCUT2D eigenvalue weighted by Gasteiger charge is -2.16. The van der Waals surface area contributed by atoms with Crippen molar-refractivity contribution in [3.05, 3.63) is 74.8 Å². The molecule has 0 spiro atoms. The Balaban J connectivity index is 1.46. The van der Waals surface area contributed by atoms with Gasteiger partial charge in [0.25, 0.3) is 0 Å². The molecule has 2 heterocycles. The van der Waals surface area contributed by atoms with E-state index in [0.717, 1.165) is 29.5 Å². The highest BCUT2D eigenvalue weighted by Crippen LogP contribution is 2.43. The standard InChI is InChI=1S/C25H26N6O4/c1-14-12-17(22-15(2)23(24(32)33)29(3)26-22)10-11-21(14)35-13-19-18(16-8-9-16)6-5-7-20(19)31-25(34)30(4)27-28-31/h5-7,10-12,16H,8-9,13H2,1-4H3,(H,32,33). The number of hydrogen-bond acceptors (Lipinski definition) is 6. The van der Waals surface area contributed by atoms with Crippen LogP contribution in [0.15, 0.2) is 41.2 Å². The monoisotopic (exact) mass is 474 g/mol. The fourth-order valence-electron chi connectivity index (χ4n) is 4.50. The molecule has 1 saturated carbocycles. The molecule has 10 heteroatoms. The van der Waals surface area contributed by atoms with Crippen molar-refractivity contribution >= 4 is 5.97 Å². The topological polar surface area (TPSA) is 117 Å². The predicted octanol–water partition coefficient (Wildman–Crippen LogP) is 3.14. The van der Waals surface area contributed by atoms with Crippen LogP contribution in [0.25, 0.3) is 16.9 Å². The van der Waals surface area contributed by atoms with E-state index >= 15 is 0 Å². The molecule has 180 valence electrons. The maximum Gasteiger partial charge on any atom is 0.368 e. The average Bonchev–Trinajstić information content (AvgIpc) is 3.55. The van der Waals surface area contributed by atoms with E-state index in [1.165, 1.54) is 19.6 Å². The number of rotatable bonds is 7. The Labute approximate surface area is 201 Å². The second-order valence-corrected chi connectivity index (χ2v) is 8.94. The van der Waals surface area contributed by atoms with Gasteiger partial charge in [-0.15, -0.1) is 0 Å². The van der Waals surface area contributed by atoms with Gasteiger partial charge in [0.1, 0.15) is 18.1 Å². The first-order chi connectivity index (χ1) is 16.8. The van der Waals surface area contributed by atoms with Gasteiger partial charge >= 0.3 is 11.7 Å². The van der Waals surface area contributed by atoms with Gasteiger partial charge in [-0.1, -0.05) is 12.1 Å². The fourth-order valence-corrected chi connectivity index (χ4v) is 4.50. The minimum Gasteiger partial charge on any atom is -0.489 e. The number of hydrogen-bond donors (Lipinski definition) is 1. The summed E-state index contributed by atoms with van der Waals surface area (Å²) in [6, 6.07) is 11.6. The average molecular weight is 475 g/mol. The predicted molar refractivity (Wildman–Crippen MR) is 128 cm³/mol. The summed E-state index contributed by atoms with van der Waals surface area (Å²) in [5.41, 5.74) is 5.58. The highest BCUT2D eigenvalue weighted by atomic mass is 16.5. The number of aryl methyl sites for hydroxylation is 3. The molecule has 0 aliphatic heterocycles. The van der Waals surface area contributed by atoms with Gasteiger partial charge in [-0.25, -0.2) is 9.59 Å². The van der Waals surface area contributed by atoms with Crippen LogP contribution in [0.3, 0.4) is 0 Å². The highest BCUT2D eigenvalue weighted by Gasteiger charge is 2.28. The highest BCUT2D eigenvalue weighted by molar-refractivity contribution is 5.89. The van der Waals surface area contributed by atoms with Crippen LogP contribution in [0.5, 0.6) is 5.75 Å². The van der Waals surface area contributed by atoms with Crippen LogP contribution in [-0.4, -0.2) is 40.6 Å². The van der Waals surface area contributed by atoms with Gasteiger partial charge < -0.3 is 9.84 Å². The summed E-state index contributed by atoms with van der Waals surface area (Å²) in [4.78, 5) is 24.1. The van der Waals surface area contributed by atoms with Gasteiger partial charge in [-0.3, -0.25) is 4.68 Å². The van der Waals surface area contributed by atoms with Crippen molar-refractivity contribution in [3.8, 4) is 22.7 Å². The molecule has 1 fully saturated rings. The summed E-state index contributed by atoms with van der Waals surface area (Å²) in [5.74, 6) is 0.150. The minimum absolute atomic E-state index is 0.168. The SMILES string of the molecule is Cc1cc(-c2nn(C)c(C(=O)O)c2C)ccc1OCc1c(C2CC2)cccc1-n1nnn(C)c1=O. The molecule has 0 atom stereocenters. The number of aromatic nitrogens is 6. The number of tetrazole rings is 1. The summed E-state index contributed by atoms with van der Waals surface area (Å²) < 4.78 is 10.1. The van der Waals surface area contributed by atoms with Gasteiger partial charge in [0.15, 0.2) is 0 Å². The van der Waals surface area contributed by atoms with E-state index in [1.807, 2.05) is 37.3 Å². The molecule has 2 aromatic carbocycles. The Morgan fingerprint density at radius 3 is 2.49 bits per heavy atom. The van der Waals surface area contributed by atoms with Crippen LogP contribution in [-0.2, 0) is 20.7 Å². The van der Waals surface area contributed by atoms with E-state index in [-0.39, 0.29) is 18.0 Å². The van der Waals surface area contributed by atoms with E-state index in [9.17, 15) is 14.7 Å².